The number of ketones is 2. The van der Waals surface area contributed by atoms with E-state index in [0.29, 0.717) is 17.8 Å². The Morgan fingerprint density at radius 3 is 2.72 bits per heavy atom. The summed E-state index contributed by atoms with van der Waals surface area (Å²) in [5.74, 6) is 0.323. The molecular formula is C24H35NO3S. The summed E-state index contributed by atoms with van der Waals surface area (Å²) in [6, 6.07) is 0. The summed E-state index contributed by atoms with van der Waals surface area (Å²) in [6.45, 7) is 11.6. The van der Waals surface area contributed by atoms with E-state index >= 15 is 0 Å². The highest BCUT2D eigenvalue weighted by Crippen LogP contribution is 2.64. The molecule has 0 radical (unpaired) electrons. The van der Waals surface area contributed by atoms with Gasteiger partial charge in [-0.25, -0.2) is 0 Å². The first-order valence-electron chi connectivity index (χ1n) is 10.8. The lowest BCUT2D eigenvalue weighted by Crippen LogP contribution is -2.53. The Labute approximate surface area is 179 Å². The topological polar surface area (TPSA) is 66.4 Å². The number of carbonyl (C=O) groups is 2. The van der Waals surface area contributed by atoms with Crippen molar-refractivity contribution < 1.29 is 14.7 Å². The maximum absolute atomic E-state index is 13.1. The van der Waals surface area contributed by atoms with Crippen molar-refractivity contribution >= 4 is 23.3 Å². The summed E-state index contributed by atoms with van der Waals surface area (Å²) in [6.07, 6.45) is 9.34. The van der Waals surface area contributed by atoms with Gasteiger partial charge in [0.2, 0.25) is 11.6 Å². The lowest BCUT2D eigenvalue weighted by atomic mass is 9.44. The Kier molecular flexibility index (Phi) is 6.38. The van der Waals surface area contributed by atoms with Crippen LogP contribution in [0.25, 0.3) is 0 Å². The van der Waals surface area contributed by atoms with Crippen molar-refractivity contribution in [2.75, 3.05) is 18.6 Å². The summed E-state index contributed by atoms with van der Waals surface area (Å²) in [5.41, 5.74) is 1.39. The quantitative estimate of drug-likeness (QED) is 0.276. The van der Waals surface area contributed by atoms with Crippen LogP contribution < -0.4 is 5.32 Å². The van der Waals surface area contributed by atoms with Crippen molar-refractivity contribution in [3.05, 3.63) is 35.3 Å². The van der Waals surface area contributed by atoms with Crippen LogP contribution in [0.1, 0.15) is 59.3 Å². The van der Waals surface area contributed by atoms with E-state index in [9.17, 15) is 14.7 Å². The van der Waals surface area contributed by atoms with Gasteiger partial charge in [-0.15, -0.1) is 0 Å². The van der Waals surface area contributed by atoms with Crippen molar-refractivity contribution in [1.29, 1.82) is 0 Å². The molecule has 3 rings (SSSR count). The van der Waals surface area contributed by atoms with Crippen LogP contribution in [0.5, 0.6) is 0 Å². The molecule has 2 saturated carbocycles. The van der Waals surface area contributed by atoms with Crippen LogP contribution in [0.15, 0.2) is 35.3 Å². The van der Waals surface area contributed by atoms with Gasteiger partial charge in [-0.1, -0.05) is 32.9 Å². The Morgan fingerprint density at radius 1 is 1.31 bits per heavy atom. The standard InChI is InChI=1S/C24H35NO3S/c1-15-8-6-9-19-23(15,3)11-10-16(2)24(19,4)20-21(27)17(14-18(26)22(20)28)25-12-7-13-29-5/h14,16,19,25,27H,1,6-13H2,2-5H3/t16-,19+,23+,24+/m0/s1. The van der Waals surface area contributed by atoms with E-state index in [2.05, 4.69) is 38.9 Å². The highest BCUT2D eigenvalue weighted by Gasteiger charge is 2.58. The third-order valence-corrected chi connectivity index (χ3v) is 8.69. The van der Waals surface area contributed by atoms with E-state index in [1.165, 1.54) is 11.6 Å². The molecule has 4 nitrogen and oxygen atoms in total. The fourth-order valence-electron chi connectivity index (χ4n) is 5.97. The van der Waals surface area contributed by atoms with Gasteiger partial charge in [-0.3, -0.25) is 9.59 Å². The largest absolute Gasteiger partial charge is 0.505 e. The van der Waals surface area contributed by atoms with E-state index in [4.69, 9.17) is 0 Å². The van der Waals surface area contributed by atoms with Crippen LogP contribution in [0.3, 0.4) is 0 Å². The van der Waals surface area contributed by atoms with Gasteiger partial charge in [-0.05, 0) is 67.8 Å². The molecule has 2 fully saturated rings. The first-order chi connectivity index (χ1) is 13.7. The second-order valence-corrected chi connectivity index (χ2v) is 10.4. The predicted octanol–water partition coefficient (Wildman–Crippen LogP) is 4.98. The molecule has 0 aliphatic heterocycles. The Morgan fingerprint density at radius 2 is 2.03 bits per heavy atom. The number of carbonyl (C=O) groups excluding carboxylic acids is 2. The summed E-state index contributed by atoms with van der Waals surface area (Å²) in [5, 5.41) is 14.4. The molecule has 0 spiro atoms. The van der Waals surface area contributed by atoms with Crippen LogP contribution in [0.2, 0.25) is 0 Å². The maximum Gasteiger partial charge on any atom is 0.233 e. The molecule has 4 atom stereocenters. The molecule has 0 aromatic rings. The van der Waals surface area contributed by atoms with Gasteiger partial charge < -0.3 is 10.4 Å². The normalized spacial score (nSPS) is 35.4. The van der Waals surface area contributed by atoms with Crippen molar-refractivity contribution in [3.8, 4) is 0 Å². The van der Waals surface area contributed by atoms with E-state index < -0.39 is 17.0 Å². The molecule has 0 heterocycles. The zero-order chi connectivity index (χ0) is 21.4. The lowest BCUT2D eigenvalue weighted by molar-refractivity contribution is -0.134. The molecule has 0 aromatic carbocycles. The number of fused-ring (bicyclic) bond motifs is 1. The van der Waals surface area contributed by atoms with Crippen LogP contribution in [0, 0.1) is 22.7 Å². The van der Waals surface area contributed by atoms with Gasteiger partial charge in [0.15, 0.2) is 0 Å². The van der Waals surface area contributed by atoms with E-state index in [0.717, 1.165) is 44.3 Å². The van der Waals surface area contributed by atoms with Gasteiger partial charge in [0, 0.05) is 18.0 Å². The lowest BCUT2D eigenvalue weighted by Gasteiger charge is -2.59. The van der Waals surface area contributed by atoms with Gasteiger partial charge in [0.05, 0.1) is 11.3 Å². The zero-order valence-corrected chi connectivity index (χ0v) is 19.1. The number of rotatable bonds is 6. The summed E-state index contributed by atoms with van der Waals surface area (Å²) in [4.78, 5) is 25.7. The summed E-state index contributed by atoms with van der Waals surface area (Å²) in [7, 11) is 0. The minimum Gasteiger partial charge on any atom is -0.505 e. The second kappa shape index (κ2) is 8.33. The Bertz CT molecular complexity index is 783. The zero-order valence-electron chi connectivity index (χ0n) is 18.3. The average Bonchev–Trinajstić information content (AvgIpc) is 2.68. The molecule has 3 aliphatic rings. The van der Waals surface area contributed by atoms with Gasteiger partial charge >= 0.3 is 0 Å². The molecule has 29 heavy (non-hydrogen) atoms. The average molecular weight is 418 g/mol. The third-order valence-electron chi connectivity index (χ3n) is 7.99. The second-order valence-electron chi connectivity index (χ2n) is 9.44. The summed E-state index contributed by atoms with van der Waals surface area (Å²) < 4.78 is 0. The smallest absolute Gasteiger partial charge is 0.233 e. The molecule has 3 aliphatic carbocycles. The van der Waals surface area contributed by atoms with E-state index in [1.54, 1.807) is 11.8 Å². The van der Waals surface area contributed by atoms with E-state index in [1.807, 2.05) is 0 Å². The molecule has 5 heteroatoms. The minimum absolute atomic E-state index is 0.0199. The van der Waals surface area contributed by atoms with Gasteiger partial charge in [0.25, 0.3) is 0 Å². The third kappa shape index (κ3) is 3.60. The molecule has 0 amide bonds. The number of aliphatic hydroxyl groups is 1. The van der Waals surface area contributed by atoms with Crippen LogP contribution in [0.4, 0.5) is 0 Å². The molecule has 0 saturated heterocycles. The molecule has 2 N–H and O–H groups in total. The number of hydrogen-bond acceptors (Lipinski definition) is 5. The fraction of sp³-hybridized carbons (Fsp3) is 0.667. The number of hydrogen-bond donors (Lipinski definition) is 2. The Hall–Kier alpha value is -1.49. The molecule has 0 unspecified atom stereocenters. The van der Waals surface area contributed by atoms with E-state index in [-0.39, 0.29) is 23.0 Å². The fourth-order valence-corrected chi connectivity index (χ4v) is 6.40. The molecule has 0 aromatic heterocycles. The van der Waals surface area contributed by atoms with Crippen molar-refractivity contribution in [1.82, 2.24) is 5.32 Å². The monoisotopic (exact) mass is 417 g/mol. The summed E-state index contributed by atoms with van der Waals surface area (Å²) >= 11 is 1.76. The predicted molar refractivity (Wildman–Crippen MR) is 120 cm³/mol. The number of Topliss-reactive ketones (excluding diaryl/α,β-unsaturated/α-hetero) is 1. The van der Waals surface area contributed by atoms with Crippen LogP contribution >= 0.6 is 11.8 Å². The number of allylic oxidation sites excluding steroid dienone is 3. The first-order valence-corrected chi connectivity index (χ1v) is 12.2. The van der Waals surface area contributed by atoms with Crippen LogP contribution in [-0.2, 0) is 9.59 Å². The van der Waals surface area contributed by atoms with Crippen LogP contribution in [-0.4, -0.2) is 35.2 Å². The molecule has 0 bridgehead atoms. The van der Waals surface area contributed by atoms with Crippen molar-refractivity contribution in [3.63, 3.8) is 0 Å². The number of thioether (sulfide) groups is 1. The highest BCUT2D eigenvalue weighted by molar-refractivity contribution is 7.98. The first kappa shape index (κ1) is 22.2. The van der Waals surface area contributed by atoms with Gasteiger partial charge in [0.1, 0.15) is 5.76 Å². The molecule has 160 valence electrons. The molecular weight excluding hydrogens is 382 g/mol. The van der Waals surface area contributed by atoms with Crippen molar-refractivity contribution in [2.24, 2.45) is 22.7 Å². The number of nitrogens with one attached hydrogen (secondary N) is 1. The van der Waals surface area contributed by atoms with Gasteiger partial charge in [-0.2, -0.15) is 11.8 Å². The number of aliphatic hydroxyl groups excluding tert-OH is 1. The van der Waals surface area contributed by atoms with Crippen molar-refractivity contribution in [2.45, 2.75) is 59.3 Å². The minimum atomic E-state index is -0.548. The maximum atomic E-state index is 13.1. The highest BCUT2D eigenvalue weighted by atomic mass is 32.2. The SMILES string of the molecule is C=C1CCC[C@H]2[C@](C)(C3=C(O)C(NCCCSC)=CC(=O)C3=O)[C@@H](C)CC[C@]12C. The Balaban J connectivity index is 2.04.